The number of carboxylic acids is 5. The fourth-order valence-electron chi connectivity index (χ4n) is 3.53. The summed E-state index contributed by atoms with van der Waals surface area (Å²) in [7, 11) is 0. The van der Waals surface area contributed by atoms with Gasteiger partial charge in [-0.3, -0.25) is 43.5 Å². The van der Waals surface area contributed by atoms with E-state index in [2.05, 4.69) is 5.32 Å². The number of nitrogens with zero attached hydrogens (tertiary/aromatic N) is 3. The number of anilines is 1. The molecule has 0 fully saturated rings. The van der Waals surface area contributed by atoms with Crippen molar-refractivity contribution in [3.05, 3.63) is 29.8 Å². The number of carbonyl (C=O) groups is 6. The number of amides is 1. The molecule has 0 heterocycles. The Labute approximate surface area is 224 Å². The van der Waals surface area contributed by atoms with Gasteiger partial charge >= 0.3 is 29.8 Å². The lowest BCUT2D eigenvalue weighted by Gasteiger charge is -2.27. The third kappa shape index (κ3) is 12.8. The second kappa shape index (κ2) is 15.4. The minimum absolute atomic E-state index is 0.000188. The maximum Gasteiger partial charge on any atom is 0.317 e. The average Bonchev–Trinajstić information content (AvgIpc) is 2.79. The van der Waals surface area contributed by atoms with E-state index in [1.54, 1.807) is 12.1 Å². The summed E-state index contributed by atoms with van der Waals surface area (Å²) in [6.45, 7) is 0.493. The molecule has 15 heteroatoms. The van der Waals surface area contributed by atoms with Gasteiger partial charge in [-0.2, -0.15) is 0 Å². The second-order valence-electron chi connectivity index (χ2n) is 9.33. The van der Waals surface area contributed by atoms with Gasteiger partial charge in [0.05, 0.1) is 38.1 Å². The van der Waals surface area contributed by atoms with Gasteiger partial charge in [0.1, 0.15) is 0 Å². The highest BCUT2D eigenvalue weighted by molar-refractivity contribution is 5.92. The molecule has 0 aliphatic carbocycles. The van der Waals surface area contributed by atoms with E-state index in [1.807, 2.05) is 0 Å². The molecule has 1 amide bonds. The van der Waals surface area contributed by atoms with E-state index < -0.39 is 67.3 Å². The van der Waals surface area contributed by atoms with Crippen molar-refractivity contribution in [2.75, 3.05) is 64.2 Å². The quantitative estimate of drug-likeness (QED) is 0.124. The van der Waals surface area contributed by atoms with Crippen LogP contribution in [0, 0.1) is 0 Å². The highest BCUT2D eigenvalue weighted by atomic mass is 16.4. The van der Waals surface area contributed by atoms with E-state index in [0.29, 0.717) is 11.3 Å². The molecule has 6 N–H and O–H groups in total. The minimum atomic E-state index is -1.25. The van der Waals surface area contributed by atoms with Gasteiger partial charge in [0.15, 0.2) is 0 Å². The molecule has 1 rings (SSSR count). The van der Waals surface area contributed by atoms with Crippen molar-refractivity contribution in [3.8, 4) is 0 Å². The molecule has 1 aromatic rings. The van der Waals surface area contributed by atoms with E-state index in [1.165, 1.54) is 35.8 Å². The number of hydrogen-bond donors (Lipinski definition) is 6. The Hall–Kier alpha value is -4.08. The molecule has 0 aliphatic heterocycles. The van der Waals surface area contributed by atoms with Gasteiger partial charge in [0.2, 0.25) is 5.91 Å². The number of aliphatic carboxylic acids is 5. The number of nitrogens with one attached hydrogen (secondary N) is 1. The van der Waals surface area contributed by atoms with E-state index in [4.69, 9.17) is 10.2 Å². The predicted octanol–water partition coefficient (Wildman–Crippen LogP) is -0.768. The van der Waals surface area contributed by atoms with Gasteiger partial charge in [-0.05, 0) is 31.5 Å². The third-order valence-electron chi connectivity index (χ3n) is 5.69. The third-order valence-corrected chi connectivity index (χ3v) is 5.69. The number of rotatable bonds is 19. The van der Waals surface area contributed by atoms with Crippen LogP contribution in [0.5, 0.6) is 0 Å². The van der Waals surface area contributed by atoms with Crippen molar-refractivity contribution in [3.63, 3.8) is 0 Å². The summed E-state index contributed by atoms with van der Waals surface area (Å²) in [5, 5.41) is 48.3. The fourth-order valence-corrected chi connectivity index (χ4v) is 3.53. The first kappa shape index (κ1) is 32.9. The van der Waals surface area contributed by atoms with Crippen LogP contribution in [0.25, 0.3) is 0 Å². The van der Waals surface area contributed by atoms with Crippen LogP contribution in [-0.2, 0) is 34.2 Å². The van der Waals surface area contributed by atoms with Crippen LogP contribution in [0.2, 0.25) is 0 Å². The molecule has 0 unspecified atom stereocenters. The van der Waals surface area contributed by atoms with Gasteiger partial charge in [-0.15, -0.1) is 0 Å². The molecule has 15 nitrogen and oxygen atoms in total. The summed E-state index contributed by atoms with van der Waals surface area (Å²) in [4.78, 5) is 72.4. The molecule has 0 bridgehead atoms. The summed E-state index contributed by atoms with van der Waals surface area (Å²) >= 11 is 0. The molecular weight excluding hydrogens is 520 g/mol. The zero-order chi connectivity index (χ0) is 29.8. The van der Waals surface area contributed by atoms with E-state index in [0.717, 1.165) is 4.90 Å². The zero-order valence-electron chi connectivity index (χ0n) is 21.7. The van der Waals surface area contributed by atoms with Crippen molar-refractivity contribution >= 4 is 41.4 Å². The summed E-state index contributed by atoms with van der Waals surface area (Å²) < 4.78 is 0. The SMILES string of the molecule is CC(C)(C(=O)O)c1ccc(NC(=O)CN(CCN(CCN(CC(=O)O)CC(=O)O)CC(=O)O)CC(=O)O)cc1. The standard InChI is InChI=1S/C24H34N4O11/c1-24(2,23(38)39)16-3-5-17(6-4-16)25-18(29)11-27(13-20(32)33)9-7-26(12-19(30)31)8-10-28(14-21(34)35)15-22(36)37/h3-6H,7-15H2,1-2H3,(H,25,29)(H,30,31)(H,32,33)(H,34,35)(H,36,37)(H,38,39). The average molecular weight is 555 g/mol. The summed E-state index contributed by atoms with van der Waals surface area (Å²) in [5.41, 5.74) is -0.255. The van der Waals surface area contributed by atoms with Crippen molar-refractivity contribution in [2.45, 2.75) is 19.3 Å². The summed E-state index contributed by atoms with van der Waals surface area (Å²) in [6, 6.07) is 6.16. The Morgan fingerprint density at radius 3 is 1.36 bits per heavy atom. The number of carbonyl (C=O) groups excluding carboxylic acids is 1. The molecule has 0 radical (unpaired) electrons. The van der Waals surface area contributed by atoms with Crippen LogP contribution < -0.4 is 5.32 Å². The molecule has 1 aromatic carbocycles. The van der Waals surface area contributed by atoms with Crippen molar-refractivity contribution in [1.29, 1.82) is 0 Å². The van der Waals surface area contributed by atoms with Gasteiger partial charge < -0.3 is 30.8 Å². The Balaban J connectivity index is 2.83. The van der Waals surface area contributed by atoms with Crippen LogP contribution in [0.4, 0.5) is 5.69 Å². The first-order valence-corrected chi connectivity index (χ1v) is 11.8. The largest absolute Gasteiger partial charge is 0.481 e. The Morgan fingerprint density at radius 2 is 0.974 bits per heavy atom. The predicted molar refractivity (Wildman–Crippen MR) is 136 cm³/mol. The Kier molecular flexibility index (Phi) is 13.0. The lowest BCUT2D eigenvalue weighted by Crippen LogP contribution is -2.46. The second-order valence-corrected chi connectivity index (χ2v) is 9.33. The van der Waals surface area contributed by atoms with E-state index in [-0.39, 0.29) is 32.7 Å². The lowest BCUT2D eigenvalue weighted by atomic mass is 9.85. The Bertz CT molecular complexity index is 1030. The molecule has 0 saturated heterocycles. The van der Waals surface area contributed by atoms with Crippen LogP contribution in [0.15, 0.2) is 24.3 Å². The van der Waals surface area contributed by atoms with Gasteiger partial charge in [0, 0.05) is 31.9 Å². The van der Waals surface area contributed by atoms with E-state index >= 15 is 0 Å². The highest BCUT2D eigenvalue weighted by Gasteiger charge is 2.29. The van der Waals surface area contributed by atoms with Crippen LogP contribution in [0.1, 0.15) is 19.4 Å². The van der Waals surface area contributed by atoms with Gasteiger partial charge in [-0.1, -0.05) is 12.1 Å². The molecular formula is C24H34N4O11. The lowest BCUT2D eigenvalue weighted by molar-refractivity contribution is -0.143. The first-order valence-electron chi connectivity index (χ1n) is 11.8. The molecule has 216 valence electrons. The maximum atomic E-state index is 12.6. The molecule has 0 saturated carbocycles. The maximum absolute atomic E-state index is 12.6. The van der Waals surface area contributed by atoms with Gasteiger partial charge in [0.25, 0.3) is 0 Å². The van der Waals surface area contributed by atoms with Crippen molar-refractivity contribution in [2.24, 2.45) is 0 Å². The van der Waals surface area contributed by atoms with Crippen LogP contribution >= 0.6 is 0 Å². The molecule has 0 aromatic heterocycles. The highest BCUT2D eigenvalue weighted by Crippen LogP contribution is 2.24. The van der Waals surface area contributed by atoms with Crippen molar-refractivity contribution < 1.29 is 54.3 Å². The topological polar surface area (TPSA) is 225 Å². The Morgan fingerprint density at radius 1 is 0.615 bits per heavy atom. The number of hydrogen-bond acceptors (Lipinski definition) is 9. The van der Waals surface area contributed by atoms with Crippen LogP contribution in [0.3, 0.4) is 0 Å². The van der Waals surface area contributed by atoms with Crippen molar-refractivity contribution in [1.82, 2.24) is 14.7 Å². The number of carboxylic acid groups (broad SMARTS) is 5. The normalized spacial score (nSPS) is 11.5. The van der Waals surface area contributed by atoms with Gasteiger partial charge in [-0.25, -0.2) is 0 Å². The smallest absolute Gasteiger partial charge is 0.317 e. The van der Waals surface area contributed by atoms with Crippen LogP contribution in [-0.4, -0.2) is 135 Å². The summed E-state index contributed by atoms with van der Waals surface area (Å²) in [5.74, 6) is -6.49. The molecule has 0 atom stereocenters. The molecule has 0 aliphatic rings. The molecule has 39 heavy (non-hydrogen) atoms. The minimum Gasteiger partial charge on any atom is -0.481 e. The zero-order valence-corrected chi connectivity index (χ0v) is 21.7. The molecule has 0 spiro atoms. The fraction of sp³-hybridized carbons (Fsp3) is 0.500. The monoisotopic (exact) mass is 554 g/mol. The summed E-state index contributed by atoms with van der Waals surface area (Å²) in [6.07, 6.45) is 0. The first-order chi connectivity index (χ1) is 18.1. The number of benzene rings is 1. The van der Waals surface area contributed by atoms with E-state index in [9.17, 15) is 44.1 Å².